The standard InChI is InChI=1S/C23H40N2O5Si/c1-23(2,31(3,4)29)15-14-20(17-26)25-21(27)13-9-6-10-16-24-22(28)30-18-19-11-7-5-8-12-19/h5,7-8,11-12,20,26,29H,6,9-10,13-18H2,1-4H3,(H,24,28)(H,25,27). The minimum absolute atomic E-state index is 0.0763. The lowest BCUT2D eigenvalue weighted by Crippen LogP contribution is -2.42. The maximum Gasteiger partial charge on any atom is 0.407 e. The van der Waals surface area contributed by atoms with Gasteiger partial charge in [-0.25, -0.2) is 4.79 Å². The third-order valence-corrected chi connectivity index (χ3v) is 9.48. The maximum absolute atomic E-state index is 12.1. The van der Waals surface area contributed by atoms with Crippen LogP contribution in [0.15, 0.2) is 30.3 Å². The normalized spacial score (nSPS) is 12.8. The highest BCUT2D eigenvalue weighted by molar-refractivity contribution is 6.72. The van der Waals surface area contributed by atoms with Crippen LogP contribution in [0.4, 0.5) is 4.79 Å². The van der Waals surface area contributed by atoms with Gasteiger partial charge in [0.1, 0.15) is 6.61 Å². The van der Waals surface area contributed by atoms with Crippen LogP contribution in [0.1, 0.15) is 57.9 Å². The highest BCUT2D eigenvalue weighted by Gasteiger charge is 2.37. The third-order valence-electron chi connectivity index (χ3n) is 5.92. The molecule has 0 bridgehead atoms. The van der Waals surface area contributed by atoms with E-state index in [2.05, 4.69) is 10.6 Å². The summed E-state index contributed by atoms with van der Waals surface area (Å²) in [4.78, 5) is 34.2. The number of unbranched alkanes of at least 4 members (excludes halogenated alkanes) is 2. The van der Waals surface area contributed by atoms with Crippen LogP contribution in [0.2, 0.25) is 18.1 Å². The number of carbonyl (C=O) groups is 2. The van der Waals surface area contributed by atoms with Crippen molar-refractivity contribution < 1.29 is 24.2 Å². The second-order valence-electron chi connectivity index (χ2n) is 9.23. The van der Waals surface area contributed by atoms with Crippen molar-refractivity contribution >= 4 is 20.3 Å². The van der Waals surface area contributed by atoms with Crippen molar-refractivity contribution in [2.45, 2.75) is 83.2 Å². The average molecular weight is 453 g/mol. The molecule has 0 radical (unpaired) electrons. The summed E-state index contributed by atoms with van der Waals surface area (Å²) in [7, 11) is -2.30. The van der Waals surface area contributed by atoms with Crippen LogP contribution in [0, 0.1) is 0 Å². The molecule has 31 heavy (non-hydrogen) atoms. The molecule has 0 spiro atoms. The molecule has 0 aromatic heterocycles. The van der Waals surface area contributed by atoms with Crippen LogP contribution < -0.4 is 10.6 Å². The van der Waals surface area contributed by atoms with E-state index in [9.17, 15) is 19.5 Å². The highest BCUT2D eigenvalue weighted by atomic mass is 28.4. The van der Waals surface area contributed by atoms with E-state index in [0.29, 0.717) is 25.8 Å². The molecular weight excluding hydrogens is 412 g/mol. The fourth-order valence-electron chi connectivity index (χ4n) is 2.90. The van der Waals surface area contributed by atoms with Gasteiger partial charge in [0, 0.05) is 13.0 Å². The summed E-state index contributed by atoms with van der Waals surface area (Å²) in [6, 6.07) is 9.21. The molecule has 0 saturated carbocycles. The SMILES string of the molecule is CC(C)(CCC(CO)NC(=O)CCCCCNC(=O)OCc1ccccc1)[Si](C)(C)O. The van der Waals surface area contributed by atoms with Gasteiger partial charge in [0.15, 0.2) is 8.32 Å². The van der Waals surface area contributed by atoms with Gasteiger partial charge >= 0.3 is 6.09 Å². The third kappa shape index (κ3) is 11.3. The number of alkyl carbamates (subject to hydrolysis) is 1. The summed E-state index contributed by atoms with van der Waals surface area (Å²) in [5.74, 6) is -0.0763. The van der Waals surface area contributed by atoms with Crippen molar-refractivity contribution in [3.8, 4) is 0 Å². The molecule has 0 aliphatic carbocycles. The Bertz CT molecular complexity index is 662. The Morgan fingerprint density at radius 2 is 1.81 bits per heavy atom. The fourth-order valence-corrected chi connectivity index (χ4v) is 3.66. The first-order valence-electron chi connectivity index (χ1n) is 11.1. The van der Waals surface area contributed by atoms with E-state index >= 15 is 0 Å². The number of carbonyl (C=O) groups excluding carboxylic acids is 2. The Balaban J connectivity index is 2.13. The Kier molecular flexibility index (Phi) is 11.8. The van der Waals surface area contributed by atoms with Crippen molar-refractivity contribution in [1.29, 1.82) is 0 Å². The van der Waals surface area contributed by atoms with Gasteiger partial charge in [-0.2, -0.15) is 0 Å². The highest BCUT2D eigenvalue weighted by Crippen LogP contribution is 2.40. The van der Waals surface area contributed by atoms with Gasteiger partial charge in [-0.15, -0.1) is 0 Å². The van der Waals surface area contributed by atoms with Crippen molar-refractivity contribution in [3.63, 3.8) is 0 Å². The van der Waals surface area contributed by atoms with E-state index in [1.165, 1.54) is 0 Å². The van der Waals surface area contributed by atoms with Crippen molar-refractivity contribution in [1.82, 2.24) is 10.6 Å². The largest absolute Gasteiger partial charge is 0.445 e. The molecule has 1 rings (SSSR count). The Hall–Kier alpha value is -1.90. The lowest BCUT2D eigenvalue weighted by Gasteiger charge is -2.36. The minimum Gasteiger partial charge on any atom is -0.445 e. The van der Waals surface area contributed by atoms with Gasteiger partial charge in [0.2, 0.25) is 5.91 Å². The van der Waals surface area contributed by atoms with Gasteiger partial charge < -0.3 is 25.3 Å². The second kappa shape index (κ2) is 13.5. The second-order valence-corrected chi connectivity index (χ2v) is 13.7. The lowest BCUT2D eigenvalue weighted by atomic mass is 10.0. The van der Waals surface area contributed by atoms with E-state index in [1.54, 1.807) is 0 Å². The average Bonchev–Trinajstić information content (AvgIpc) is 2.72. The number of rotatable bonds is 14. The zero-order chi connectivity index (χ0) is 23.3. The Labute approximate surface area is 187 Å². The predicted octanol–water partition coefficient (Wildman–Crippen LogP) is 3.71. The van der Waals surface area contributed by atoms with E-state index in [1.807, 2.05) is 57.3 Å². The molecule has 1 atom stereocenters. The van der Waals surface area contributed by atoms with Crippen LogP contribution in [0.25, 0.3) is 0 Å². The molecule has 8 heteroatoms. The summed E-state index contributed by atoms with van der Waals surface area (Å²) < 4.78 is 5.15. The molecule has 0 fully saturated rings. The molecule has 176 valence electrons. The Morgan fingerprint density at radius 3 is 2.42 bits per heavy atom. The summed E-state index contributed by atoms with van der Waals surface area (Å²) in [5.41, 5.74) is 0.940. The van der Waals surface area contributed by atoms with Crippen LogP contribution in [0.5, 0.6) is 0 Å². The molecule has 2 amide bonds. The Morgan fingerprint density at radius 1 is 1.13 bits per heavy atom. The number of benzene rings is 1. The molecule has 1 aromatic rings. The van der Waals surface area contributed by atoms with Gasteiger partial charge in [0.25, 0.3) is 0 Å². The number of hydrogen-bond acceptors (Lipinski definition) is 5. The summed E-state index contributed by atoms with van der Waals surface area (Å²) >= 11 is 0. The van der Waals surface area contributed by atoms with E-state index in [0.717, 1.165) is 24.8 Å². The van der Waals surface area contributed by atoms with E-state index < -0.39 is 14.4 Å². The molecule has 1 unspecified atom stereocenters. The van der Waals surface area contributed by atoms with E-state index in [-0.39, 0.29) is 30.2 Å². The zero-order valence-corrected chi connectivity index (χ0v) is 20.4. The van der Waals surface area contributed by atoms with Gasteiger partial charge in [-0.05, 0) is 49.4 Å². The van der Waals surface area contributed by atoms with Gasteiger partial charge in [-0.3, -0.25) is 4.79 Å². The van der Waals surface area contributed by atoms with Gasteiger partial charge in [0.05, 0.1) is 12.6 Å². The molecule has 7 nitrogen and oxygen atoms in total. The molecule has 0 saturated heterocycles. The fraction of sp³-hybridized carbons (Fsp3) is 0.652. The smallest absolute Gasteiger partial charge is 0.407 e. The number of aliphatic hydroxyl groups is 1. The number of nitrogens with one attached hydrogen (secondary N) is 2. The number of ether oxygens (including phenoxy) is 1. The quantitative estimate of drug-likeness (QED) is 0.254. The molecule has 0 heterocycles. The monoisotopic (exact) mass is 452 g/mol. The van der Waals surface area contributed by atoms with Crippen molar-refractivity contribution in [2.75, 3.05) is 13.2 Å². The minimum atomic E-state index is -2.30. The predicted molar refractivity (Wildman–Crippen MR) is 125 cm³/mol. The van der Waals surface area contributed by atoms with Crippen molar-refractivity contribution in [2.24, 2.45) is 0 Å². The van der Waals surface area contributed by atoms with Gasteiger partial charge in [-0.1, -0.05) is 50.6 Å². The molecule has 0 aliphatic rings. The van der Waals surface area contributed by atoms with E-state index in [4.69, 9.17) is 4.74 Å². The summed E-state index contributed by atoms with van der Waals surface area (Å²) in [5, 5.41) is 15.0. The summed E-state index contributed by atoms with van der Waals surface area (Å²) in [6.45, 7) is 8.55. The van der Waals surface area contributed by atoms with Crippen molar-refractivity contribution in [3.05, 3.63) is 35.9 Å². The topological polar surface area (TPSA) is 108 Å². The lowest BCUT2D eigenvalue weighted by molar-refractivity contribution is -0.122. The van der Waals surface area contributed by atoms with Crippen LogP contribution in [0.3, 0.4) is 0 Å². The molecule has 4 N–H and O–H groups in total. The van der Waals surface area contributed by atoms with Crippen LogP contribution in [-0.4, -0.2) is 49.4 Å². The zero-order valence-electron chi connectivity index (χ0n) is 19.4. The summed E-state index contributed by atoms with van der Waals surface area (Å²) in [6.07, 6.45) is 3.63. The first kappa shape index (κ1) is 27.1. The first-order chi connectivity index (χ1) is 14.5. The number of hydrogen-bond donors (Lipinski definition) is 4. The molecule has 1 aromatic carbocycles. The number of amides is 2. The molecular formula is C23H40N2O5Si. The van der Waals surface area contributed by atoms with Crippen LogP contribution in [-0.2, 0) is 16.1 Å². The van der Waals surface area contributed by atoms with Crippen LogP contribution >= 0.6 is 0 Å². The molecule has 0 aliphatic heterocycles. The number of aliphatic hydroxyl groups excluding tert-OH is 1. The maximum atomic E-state index is 12.1. The first-order valence-corrected chi connectivity index (χ1v) is 14.1.